The molecule has 51 heavy (non-hydrogen) atoms. The zero-order valence-electron chi connectivity index (χ0n) is 27.1. The van der Waals surface area contributed by atoms with Crippen LogP contribution in [0.25, 0.3) is 76.9 Å². The van der Waals surface area contributed by atoms with E-state index >= 15 is 0 Å². The van der Waals surface area contributed by atoms with E-state index in [1.54, 1.807) is 0 Å². The third-order valence-corrected chi connectivity index (χ3v) is 9.95. The van der Waals surface area contributed by atoms with Crippen LogP contribution in [0.3, 0.4) is 0 Å². The van der Waals surface area contributed by atoms with Gasteiger partial charge in [0.1, 0.15) is 45.2 Å². The Morgan fingerprint density at radius 2 is 0.941 bits per heavy atom. The molecule has 0 amide bonds. The molecule has 1 N–H and O–H groups in total. The largest absolute Gasteiger partial charge is 0.456 e. The van der Waals surface area contributed by atoms with Gasteiger partial charge in [0.15, 0.2) is 6.17 Å². The van der Waals surface area contributed by atoms with Gasteiger partial charge in [0.25, 0.3) is 0 Å². The van der Waals surface area contributed by atoms with E-state index in [1.807, 2.05) is 54.6 Å². The third-order valence-electron chi connectivity index (χ3n) is 9.95. The van der Waals surface area contributed by atoms with Crippen LogP contribution in [0, 0.1) is 0 Å². The van der Waals surface area contributed by atoms with Crippen molar-refractivity contribution < 1.29 is 13.3 Å². The molecule has 0 radical (unpaired) electrons. The van der Waals surface area contributed by atoms with Gasteiger partial charge in [0.05, 0.1) is 0 Å². The van der Waals surface area contributed by atoms with Crippen molar-refractivity contribution in [2.45, 2.75) is 6.17 Å². The third kappa shape index (κ3) is 4.43. The van der Waals surface area contributed by atoms with Gasteiger partial charge in [-0.15, -0.1) is 0 Å². The summed E-state index contributed by atoms with van der Waals surface area (Å²) in [6.45, 7) is 0. The van der Waals surface area contributed by atoms with E-state index in [2.05, 4.69) is 102 Å². The number of nitrogens with one attached hydrogen (secondary N) is 1. The maximum absolute atomic E-state index is 6.56. The normalized spacial score (nSPS) is 14.9. The number of benzene rings is 7. The van der Waals surface area contributed by atoms with Gasteiger partial charge in [-0.05, 0) is 48.0 Å². The molecule has 0 spiro atoms. The molecule has 3 aromatic heterocycles. The molecule has 0 aliphatic carbocycles. The molecule has 0 fully saturated rings. The Bertz CT molecular complexity index is 3070. The van der Waals surface area contributed by atoms with E-state index in [0.29, 0.717) is 0 Å². The second-order valence-corrected chi connectivity index (χ2v) is 13.0. The molecule has 1 aliphatic rings. The van der Waals surface area contributed by atoms with Crippen LogP contribution in [0.1, 0.15) is 22.9 Å². The molecule has 4 heterocycles. The van der Waals surface area contributed by atoms with Crippen LogP contribution in [-0.4, -0.2) is 11.7 Å². The number of furan rings is 3. The minimum atomic E-state index is -0.485. The molecule has 10 aromatic rings. The first-order chi connectivity index (χ1) is 25.2. The fourth-order valence-electron chi connectivity index (χ4n) is 7.46. The fourth-order valence-corrected chi connectivity index (χ4v) is 7.46. The number of aliphatic imine (C=N–C) groups is 2. The van der Waals surface area contributed by atoms with Gasteiger partial charge < -0.3 is 18.6 Å². The molecule has 1 atom stereocenters. The molecule has 240 valence electrons. The summed E-state index contributed by atoms with van der Waals surface area (Å²) in [5, 5.41) is 10.0. The molecule has 0 saturated carbocycles. The summed E-state index contributed by atoms with van der Waals surface area (Å²) in [5.41, 5.74) is 9.96. The van der Waals surface area contributed by atoms with Crippen molar-refractivity contribution in [2.75, 3.05) is 0 Å². The van der Waals surface area contributed by atoms with E-state index in [-0.39, 0.29) is 0 Å². The maximum atomic E-state index is 6.56. The number of para-hydroxylation sites is 3. The molecule has 6 heteroatoms. The summed E-state index contributed by atoms with van der Waals surface area (Å²) in [7, 11) is 0. The highest BCUT2D eigenvalue weighted by molar-refractivity contribution is 6.17. The molecular formula is C45H27N3O3. The Labute approximate surface area is 291 Å². The van der Waals surface area contributed by atoms with Crippen LogP contribution < -0.4 is 5.32 Å². The van der Waals surface area contributed by atoms with E-state index in [1.165, 1.54) is 0 Å². The summed E-state index contributed by atoms with van der Waals surface area (Å²) in [4.78, 5) is 10.2. The Morgan fingerprint density at radius 3 is 1.73 bits per heavy atom. The van der Waals surface area contributed by atoms with E-state index < -0.39 is 6.17 Å². The lowest BCUT2D eigenvalue weighted by molar-refractivity contribution is 0.665. The summed E-state index contributed by atoms with van der Waals surface area (Å²) in [5.74, 6) is 1.48. The van der Waals surface area contributed by atoms with Crippen molar-refractivity contribution in [1.29, 1.82) is 0 Å². The number of fused-ring (bicyclic) bond motifs is 9. The highest BCUT2D eigenvalue weighted by Crippen LogP contribution is 2.39. The highest BCUT2D eigenvalue weighted by Gasteiger charge is 2.23. The minimum absolute atomic E-state index is 0.485. The standard InChI is InChI=1S/C45H27N3O3/c1-2-9-26(10-3-1)43-46-44(28-18-21-33-31-11-4-6-15-37(31)49-40(33)24-28)48-45(47-43)29-19-22-35-34-20-17-27(23-39(34)50-41(35)25-29)30-13-8-14-36-32-12-5-7-16-38(32)51-42(30)36/h1-25,45H,(H,46,47,48). The van der Waals surface area contributed by atoms with Gasteiger partial charge in [-0.2, -0.15) is 0 Å². The lowest BCUT2D eigenvalue weighted by Gasteiger charge is -2.22. The quantitative estimate of drug-likeness (QED) is 0.204. The van der Waals surface area contributed by atoms with Crippen molar-refractivity contribution in [3.05, 3.63) is 168 Å². The summed E-state index contributed by atoms with van der Waals surface area (Å²) in [6.07, 6.45) is -0.485. The van der Waals surface area contributed by atoms with Gasteiger partial charge in [-0.25, -0.2) is 9.98 Å². The Hall–Kier alpha value is -6.92. The lowest BCUT2D eigenvalue weighted by atomic mass is 10.0. The molecule has 1 aliphatic heterocycles. The number of rotatable bonds is 4. The first kappa shape index (κ1) is 28.0. The molecular weight excluding hydrogens is 631 g/mol. The lowest BCUT2D eigenvalue weighted by Crippen LogP contribution is -2.36. The Balaban J connectivity index is 1.01. The van der Waals surface area contributed by atoms with Crippen LogP contribution in [0.4, 0.5) is 0 Å². The van der Waals surface area contributed by atoms with Crippen molar-refractivity contribution in [1.82, 2.24) is 5.32 Å². The monoisotopic (exact) mass is 657 g/mol. The van der Waals surface area contributed by atoms with E-state index in [9.17, 15) is 0 Å². The minimum Gasteiger partial charge on any atom is -0.456 e. The zero-order chi connectivity index (χ0) is 33.5. The number of hydrogen-bond acceptors (Lipinski definition) is 6. The van der Waals surface area contributed by atoms with Crippen molar-refractivity contribution >= 4 is 77.5 Å². The topological polar surface area (TPSA) is 76.2 Å². The number of nitrogens with zero attached hydrogens (tertiary/aromatic N) is 2. The zero-order valence-corrected chi connectivity index (χ0v) is 27.1. The van der Waals surface area contributed by atoms with Crippen molar-refractivity contribution in [3.8, 4) is 11.1 Å². The van der Waals surface area contributed by atoms with E-state index in [4.69, 9.17) is 23.2 Å². The molecule has 6 nitrogen and oxygen atoms in total. The average Bonchev–Trinajstić information content (AvgIpc) is 3.88. The predicted molar refractivity (Wildman–Crippen MR) is 206 cm³/mol. The average molecular weight is 658 g/mol. The van der Waals surface area contributed by atoms with Crippen LogP contribution in [0.15, 0.2) is 175 Å². The number of amidine groups is 2. The molecule has 11 rings (SSSR count). The Morgan fingerprint density at radius 1 is 0.392 bits per heavy atom. The van der Waals surface area contributed by atoms with Crippen molar-refractivity contribution in [2.24, 2.45) is 9.98 Å². The van der Waals surface area contributed by atoms with Gasteiger partial charge in [-0.3, -0.25) is 0 Å². The molecule has 0 bridgehead atoms. The van der Waals surface area contributed by atoms with Crippen LogP contribution in [-0.2, 0) is 0 Å². The number of hydrogen-bond donors (Lipinski definition) is 1. The fraction of sp³-hybridized carbons (Fsp3) is 0.0222. The summed E-state index contributed by atoms with van der Waals surface area (Å²) < 4.78 is 19.1. The molecule has 1 unspecified atom stereocenters. The van der Waals surface area contributed by atoms with Crippen molar-refractivity contribution in [3.63, 3.8) is 0 Å². The smallest absolute Gasteiger partial charge is 0.169 e. The van der Waals surface area contributed by atoms with Gasteiger partial charge in [0, 0.05) is 54.6 Å². The predicted octanol–water partition coefficient (Wildman–Crippen LogP) is 11.5. The first-order valence-electron chi connectivity index (χ1n) is 17.0. The Kier molecular flexibility index (Phi) is 5.92. The highest BCUT2D eigenvalue weighted by atomic mass is 16.3. The second kappa shape index (κ2) is 10.8. The summed E-state index contributed by atoms with van der Waals surface area (Å²) in [6, 6.07) is 51.7. The SMILES string of the molecule is c1ccc(C2=NC(c3ccc4c(c3)oc3cc(-c5cccc6c5oc5ccccc56)ccc34)N=C(c3ccc4c(c3)oc3ccccc34)N2)cc1. The van der Waals surface area contributed by atoms with Gasteiger partial charge >= 0.3 is 0 Å². The second-order valence-electron chi connectivity index (χ2n) is 13.0. The van der Waals surface area contributed by atoms with Crippen LogP contribution in [0.2, 0.25) is 0 Å². The maximum Gasteiger partial charge on any atom is 0.169 e. The van der Waals surface area contributed by atoms with Gasteiger partial charge in [-0.1, -0.05) is 109 Å². The molecule has 0 saturated heterocycles. The van der Waals surface area contributed by atoms with E-state index in [0.717, 1.165) is 105 Å². The molecule has 7 aromatic carbocycles. The van der Waals surface area contributed by atoms with Crippen LogP contribution in [0.5, 0.6) is 0 Å². The first-order valence-corrected chi connectivity index (χ1v) is 17.0. The van der Waals surface area contributed by atoms with Crippen LogP contribution >= 0.6 is 0 Å². The van der Waals surface area contributed by atoms with Gasteiger partial charge in [0.2, 0.25) is 0 Å². The summed E-state index contributed by atoms with van der Waals surface area (Å²) >= 11 is 0.